The lowest BCUT2D eigenvalue weighted by Crippen LogP contribution is -2.02. The molecule has 1 aromatic carbocycles. The lowest BCUT2D eigenvalue weighted by molar-refractivity contribution is 0.728. The number of aromatic nitrogens is 2. The number of aryl methyl sites for hydroxylation is 1. The third kappa shape index (κ3) is 1.59. The van der Waals surface area contributed by atoms with Crippen LogP contribution >= 0.6 is 11.6 Å². The number of benzene rings is 1. The van der Waals surface area contributed by atoms with E-state index in [1.807, 2.05) is 0 Å². The van der Waals surface area contributed by atoms with Gasteiger partial charge in [0.05, 0.1) is 0 Å². The monoisotopic (exact) mass is 230 g/mol. The zero-order valence-electron chi connectivity index (χ0n) is 8.73. The smallest absolute Gasteiger partial charge is 0.137 e. The van der Waals surface area contributed by atoms with Crippen molar-refractivity contribution in [2.45, 2.75) is 18.8 Å². The minimum atomic E-state index is 0.315. The van der Waals surface area contributed by atoms with Crippen LogP contribution in [0.1, 0.15) is 29.3 Å². The molecule has 0 amide bonds. The fourth-order valence-electron chi connectivity index (χ4n) is 2.34. The van der Waals surface area contributed by atoms with Crippen LogP contribution in [0.3, 0.4) is 0 Å². The molecule has 1 aliphatic carbocycles. The van der Waals surface area contributed by atoms with Gasteiger partial charge in [-0.2, -0.15) is 0 Å². The Labute approximate surface area is 99.3 Å². The summed E-state index contributed by atoms with van der Waals surface area (Å²) in [7, 11) is 0. The van der Waals surface area contributed by atoms with E-state index in [9.17, 15) is 0 Å². The van der Waals surface area contributed by atoms with E-state index in [0.29, 0.717) is 11.1 Å². The van der Waals surface area contributed by atoms with Crippen molar-refractivity contribution in [3.63, 3.8) is 0 Å². The predicted octanol–water partition coefficient (Wildman–Crippen LogP) is 3.21. The standard InChI is InChI=1S/C13H11ClN2/c14-12-7-8-15-13(16-12)11-6-5-9-3-1-2-4-10(9)11/h1-4,7-8,11H,5-6H2. The molecule has 16 heavy (non-hydrogen) atoms. The molecule has 3 rings (SSSR count). The van der Waals surface area contributed by atoms with Crippen molar-refractivity contribution in [2.75, 3.05) is 0 Å². The quantitative estimate of drug-likeness (QED) is 0.703. The van der Waals surface area contributed by atoms with Gasteiger partial charge in [0.25, 0.3) is 0 Å². The van der Waals surface area contributed by atoms with Gasteiger partial charge in [0.15, 0.2) is 0 Å². The molecule has 0 bridgehead atoms. The molecular formula is C13H11ClN2. The number of fused-ring (bicyclic) bond motifs is 1. The first-order chi connectivity index (χ1) is 7.84. The van der Waals surface area contributed by atoms with E-state index >= 15 is 0 Å². The number of hydrogen-bond donors (Lipinski definition) is 0. The molecule has 2 aromatic rings. The average Bonchev–Trinajstić information content (AvgIpc) is 2.72. The zero-order valence-corrected chi connectivity index (χ0v) is 9.48. The first kappa shape index (κ1) is 9.79. The molecule has 1 heterocycles. The Kier molecular flexibility index (Phi) is 2.37. The molecule has 80 valence electrons. The van der Waals surface area contributed by atoms with Crippen molar-refractivity contribution in [1.82, 2.24) is 9.97 Å². The molecule has 2 nitrogen and oxygen atoms in total. The van der Waals surface area contributed by atoms with Gasteiger partial charge in [-0.05, 0) is 30.0 Å². The summed E-state index contributed by atoms with van der Waals surface area (Å²) in [6, 6.07) is 10.2. The molecule has 1 aliphatic rings. The Bertz CT molecular complexity index is 525. The summed E-state index contributed by atoms with van der Waals surface area (Å²) in [5, 5.41) is 0.523. The number of halogens is 1. The maximum atomic E-state index is 5.90. The van der Waals surface area contributed by atoms with Crippen LogP contribution in [0.2, 0.25) is 5.15 Å². The van der Waals surface area contributed by atoms with Gasteiger partial charge in [0.2, 0.25) is 0 Å². The molecule has 0 spiro atoms. The second kappa shape index (κ2) is 3.87. The summed E-state index contributed by atoms with van der Waals surface area (Å²) in [4.78, 5) is 8.63. The number of hydrogen-bond acceptors (Lipinski definition) is 2. The summed E-state index contributed by atoms with van der Waals surface area (Å²) >= 11 is 5.90. The molecule has 1 aromatic heterocycles. The molecule has 1 unspecified atom stereocenters. The van der Waals surface area contributed by atoms with Crippen LogP contribution < -0.4 is 0 Å². The summed E-state index contributed by atoms with van der Waals surface area (Å²) in [5.74, 6) is 1.16. The normalized spacial score (nSPS) is 18.4. The Morgan fingerprint density at radius 2 is 2.06 bits per heavy atom. The average molecular weight is 231 g/mol. The van der Waals surface area contributed by atoms with Crippen molar-refractivity contribution in [2.24, 2.45) is 0 Å². The van der Waals surface area contributed by atoms with Crippen molar-refractivity contribution in [3.05, 3.63) is 58.6 Å². The van der Waals surface area contributed by atoms with Gasteiger partial charge in [-0.15, -0.1) is 0 Å². The van der Waals surface area contributed by atoms with E-state index in [4.69, 9.17) is 11.6 Å². The highest BCUT2D eigenvalue weighted by molar-refractivity contribution is 6.29. The molecule has 0 N–H and O–H groups in total. The fraction of sp³-hybridized carbons (Fsp3) is 0.231. The van der Waals surface area contributed by atoms with E-state index in [2.05, 4.69) is 34.2 Å². The Morgan fingerprint density at radius 1 is 1.19 bits per heavy atom. The topological polar surface area (TPSA) is 25.8 Å². The van der Waals surface area contributed by atoms with E-state index < -0.39 is 0 Å². The lowest BCUT2D eigenvalue weighted by atomic mass is 10.0. The van der Waals surface area contributed by atoms with Crippen molar-refractivity contribution in [3.8, 4) is 0 Å². The van der Waals surface area contributed by atoms with Gasteiger partial charge in [-0.25, -0.2) is 9.97 Å². The first-order valence-corrected chi connectivity index (χ1v) is 5.78. The third-order valence-corrected chi connectivity index (χ3v) is 3.30. The first-order valence-electron chi connectivity index (χ1n) is 5.41. The predicted molar refractivity (Wildman–Crippen MR) is 63.6 cm³/mol. The second-order valence-corrected chi connectivity index (χ2v) is 4.41. The molecule has 1 atom stereocenters. The van der Waals surface area contributed by atoms with Gasteiger partial charge in [-0.1, -0.05) is 35.9 Å². The highest BCUT2D eigenvalue weighted by Gasteiger charge is 2.25. The highest BCUT2D eigenvalue weighted by atomic mass is 35.5. The van der Waals surface area contributed by atoms with Gasteiger partial charge in [0.1, 0.15) is 11.0 Å². The van der Waals surface area contributed by atoms with E-state index in [-0.39, 0.29) is 0 Å². The summed E-state index contributed by atoms with van der Waals surface area (Å²) in [6.07, 6.45) is 3.92. The third-order valence-electron chi connectivity index (χ3n) is 3.08. The molecule has 0 saturated carbocycles. The second-order valence-electron chi connectivity index (χ2n) is 4.03. The van der Waals surface area contributed by atoms with Crippen LogP contribution in [0.25, 0.3) is 0 Å². The van der Waals surface area contributed by atoms with Crippen LogP contribution in [0, 0.1) is 0 Å². The van der Waals surface area contributed by atoms with Gasteiger partial charge in [0, 0.05) is 12.1 Å². The number of rotatable bonds is 1. The van der Waals surface area contributed by atoms with Crippen molar-refractivity contribution in [1.29, 1.82) is 0 Å². The van der Waals surface area contributed by atoms with Crippen molar-refractivity contribution >= 4 is 11.6 Å². The Balaban J connectivity index is 2.05. The fourth-order valence-corrected chi connectivity index (χ4v) is 2.49. The van der Waals surface area contributed by atoms with Gasteiger partial charge >= 0.3 is 0 Å². The van der Waals surface area contributed by atoms with Crippen molar-refractivity contribution < 1.29 is 0 Å². The maximum absolute atomic E-state index is 5.90. The zero-order chi connectivity index (χ0) is 11.0. The van der Waals surface area contributed by atoms with Crippen LogP contribution in [0.15, 0.2) is 36.5 Å². The SMILES string of the molecule is Clc1ccnc(C2CCc3ccccc32)n1. The lowest BCUT2D eigenvalue weighted by Gasteiger charge is -2.09. The van der Waals surface area contributed by atoms with Gasteiger partial charge < -0.3 is 0 Å². The number of nitrogens with zero attached hydrogens (tertiary/aromatic N) is 2. The Morgan fingerprint density at radius 3 is 2.94 bits per heavy atom. The molecule has 0 fully saturated rings. The van der Waals surface area contributed by atoms with Crippen LogP contribution in [-0.2, 0) is 6.42 Å². The van der Waals surface area contributed by atoms with E-state index in [0.717, 1.165) is 18.7 Å². The molecular weight excluding hydrogens is 220 g/mol. The van der Waals surface area contributed by atoms with Crippen LogP contribution in [-0.4, -0.2) is 9.97 Å². The summed E-state index contributed by atoms with van der Waals surface area (Å²) in [5.41, 5.74) is 2.76. The van der Waals surface area contributed by atoms with Crippen LogP contribution in [0.5, 0.6) is 0 Å². The molecule has 0 radical (unpaired) electrons. The molecule has 0 saturated heterocycles. The highest BCUT2D eigenvalue weighted by Crippen LogP contribution is 2.36. The largest absolute Gasteiger partial charge is 0.241 e. The molecule has 3 heteroatoms. The minimum absolute atomic E-state index is 0.315. The summed E-state index contributed by atoms with van der Waals surface area (Å²) < 4.78 is 0. The van der Waals surface area contributed by atoms with E-state index in [1.165, 1.54) is 11.1 Å². The van der Waals surface area contributed by atoms with Crippen LogP contribution in [0.4, 0.5) is 0 Å². The minimum Gasteiger partial charge on any atom is -0.241 e. The Hall–Kier alpha value is -1.41. The maximum Gasteiger partial charge on any atom is 0.137 e. The molecule has 0 aliphatic heterocycles. The summed E-state index contributed by atoms with van der Waals surface area (Å²) in [6.45, 7) is 0. The van der Waals surface area contributed by atoms with E-state index in [1.54, 1.807) is 12.3 Å². The van der Waals surface area contributed by atoms with Gasteiger partial charge in [-0.3, -0.25) is 0 Å².